The van der Waals surface area contributed by atoms with Crippen LogP contribution in [-0.2, 0) is 12.8 Å². The van der Waals surface area contributed by atoms with E-state index in [-0.39, 0.29) is 0 Å². The number of pyridine rings is 1. The number of aromatic carboxylic acids is 1. The number of nitrogens with one attached hydrogen (secondary N) is 1. The minimum Gasteiger partial charge on any atom is -0.478 e. The van der Waals surface area contributed by atoms with Gasteiger partial charge in [-0.15, -0.1) is 0 Å². The quantitative estimate of drug-likeness (QED) is 0.884. The molecule has 1 aromatic heterocycles. The normalized spacial score (nSPS) is 23.6. The van der Waals surface area contributed by atoms with E-state index in [1.165, 1.54) is 19.3 Å². The zero-order valence-corrected chi connectivity index (χ0v) is 13.6. The lowest BCUT2D eigenvalue weighted by Crippen LogP contribution is -2.32. The van der Waals surface area contributed by atoms with Crippen molar-refractivity contribution in [1.82, 2.24) is 4.98 Å². The number of carbonyl (C=O) groups is 1. The number of hydrogen-bond acceptors (Lipinski definition) is 3. The van der Waals surface area contributed by atoms with Crippen molar-refractivity contribution in [1.29, 1.82) is 0 Å². The average Bonchev–Trinajstić information content (AvgIpc) is 2.46. The Balaban J connectivity index is 1.86. The Morgan fingerprint density at radius 3 is 2.68 bits per heavy atom. The highest BCUT2D eigenvalue weighted by molar-refractivity contribution is 5.90. The van der Waals surface area contributed by atoms with Crippen LogP contribution in [0, 0.1) is 5.41 Å². The van der Waals surface area contributed by atoms with Crippen LogP contribution in [-0.4, -0.2) is 22.1 Å². The molecule has 4 heteroatoms. The van der Waals surface area contributed by atoms with Crippen LogP contribution in [0.2, 0.25) is 0 Å². The van der Waals surface area contributed by atoms with Gasteiger partial charge in [-0.05, 0) is 61.5 Å². The van der Waals surface area contributed by atoms with Crippen molar-refractivity contribution in [3.8, 4) is 0 Å². The van der Waals surface area contributed by atoms with Crippen LogP contribution in [0.15, 0.2) is 6.20 Å². The van der Waals surface area contributed by atoms with Crippen molar-refractivity contribution in [3.63, 3.8) is 0 Å². The van der Waals surface area contributed by atoms with Gasteiger partial charge in [0.15, 0.2) is 0 Å². The summed E-state index contributed by atoms with van der Waals surface area (Å²) in [6.45, 7) is 4.66. The third-order valence-electron chi connectivity index (χ3n) is 5.18. The van der Waals surface area contributed by atoms with Gasteiger partial charge in [0, 0.05) is 12.2 Å². The molecule has 1 unspecified atom stereocenters. The second-order valence-electron chi connectivity index (χ2n) is 7.59. The van der Waals surface area contributed by atoms with Crippen LogP contribution < -0.4 is 5.32 Å². The highest BCUT2D eigenvalue weighted by atomic mass is 16.4. The van der Waals surface area contributed by atoms with Gasteiger partial charge in [-0.1, -0.05) is 20.3 Å². The summed E-state index contributed by atoms with van der Waals surface area (Å²) in [5, 5.41) is 13.0. The summed E-state index contributed by atoms with van der Waals surface area (Å²) in [6, 6.07) is 0.456. The van der Waals surface area contributed by atoms with Gasteiger partial charge in [-0.2, -0.15) is 0 Å². The van der Waals surface area contributed by atoms with Gasteiger partial charge in [0.2, 0.25) is 0 Å². The Morgan fingerprint density at radius 2 is 2.00 bits per heavy atom. The first-order chi connectivity index (χ1) is 10.5. The molecule has 3 rings (SSSR count). The lowest BCUT2D eigenvalue weighted by Gasteiger charge is -2.36. The van der Waals surface area contributed by atoms with Crippen molar-refractivity contribution in [2.75, 3.05) is 5.32 Å². The highest BCUT2D eigenvalue weighted by Gasteiger charge is 2.29. The summed E-state index contributed by atoms with van der Waals surface area (Å²) < 4.78 is 0. The number of nitrogens with zero attached hydrogens (tertiary/aromatic N) is 1. The zero-order valence-electron chi connectivity index (χ0n) is 13.6. The fourth-order valence-electron chi connectivity index (χ4n) is 4.07. The van der Waals surface area contributed by atoms with E-state index >= 15 is 0 Å². The molecule has 0 radical (unpaired) electrons. The fourth-order valence-corrected chi connectivity index (χ4v) is 4.07. The van der Waals surface area contributed by atoms with Gasteiger partial charge in [-0.3, -0.25) is 0 Å². The Bertz CT molecular complexity index is 581. The maximum Gasteiger partial charge on any atom is 0.337 e. The summed E-state index contributed by atoms with van der Waals surface area (Å²) in [5.41, 5.74) is 2.93. The molecule has 1 heterocycles. The first-order valence-corrected chi connectivity index (χ1v) is 8.47. The monoisotopic (exact) mass is 302 g/mol. The second-order valence-corrected chi connectivity index (χ2v) is 7.59. The van der Waals surface area contributed by atoms with E-state index in [1.807, 2.05) is 0 Å². The molecule has 0 aromatic carbocycles. The zero-order chi connectivity index (χ0) is 15.7. The van der Waals surface area contributed by atoms with Crippen molar-refractivity contribution >= 4 is 11.8 Å². The van der Waals surface area contributed by atoms with E-state index in [9.17, 15) is 9.90 Å². The Kier molecular flexibility index (Phi) is 4.11. The van der Waals surface area contributed by atoms with Crippen LogP contribution >= 0.6 is 0 Å². The maximum absolute atomic E-state index is 11.4. The second kappa shape index (κ2) is 5.90. The number of hydrogen-bond donors (Lipinski definition) is 2. The minimum absolute atomic E-state index is 0.386. The molecule has 0 amide bonds. The van der Waals surface area contributed by atoms with Crippen molar-refractivity contribution in [3.05, 3.63) is 22.9 Å². The van der Waals surface area contributed by atoms with Gasteiger partial charge in [0.05, 0.1) is 5.56 Å². The third kappa shape index (κ3) is 3.11. The van der Waals surface area contributed by atoms with E-state index in [0.29, 0.717) is 17.0 Å². The van der Waals surface area contributed by atoms with E-state index in [1.54, 1.807) is 6.20 Å². The summed E-state index contributed by atoms with van der Waals surface area (Å²) in [7, 11) is 0. The lowest BCUT2D eigenvalue weighted by molar-refractivity contribution is 0.0695. The molecule has 1 atom stereocenters. The van der Waals surface area contributed by atoms with Gasteiger partial charge in [0.1, 0.15) is 5.82 Å². The molecule has 22 heavy (non-hydrogen) atoms. The highest BCUT2D eigenvalue weighted by Crippen LogP contribution is 2.37. The average molecular weight is 302 g/mol. The van der Waals surface area contributed by atoms with Crippen LogP contribution in [0.4, 0.5) is 5.82 Å². The third-order valence-corrected chi connectivity index (χ3v) is 5.18. The van der Waals surface area contributed by atoms with Crippen molar-refractivity contribution in [2.24, 2.45) is 5.41 Å². The molecule has 2 aliphatic carbocycles. The molecular weight excluding hydrogens is 276 g/mol. The van der Waals surface area contributed by atoms with E-state index < -0.39 is 5.97 Å². The van der Waals surface area contributed by atoms with Gasteiger partial charge < -0.3 is 10.4 Å². The molecule has 1 aromatic rings. The predicted molar refractivity (Wildman–Crippen MR) is 87.5 cm³/mol. The standard InChI is InChI=1S/C18H26N2O2/c1-18(2)9-5-6-12(10-18)20-16-14-8-4-3-7-13(14)15(11-19-16)17(21)22/h11-12H,3-10H2,1-2H3,(H,19,20)(H,21,22). The first kappa shape index (κ1) is 15.3. The van der Waals surface area contributed by atoms with Crippen molar-refractivity contribution < 1.29 is 9.90 Å². The maximum atomic E-state index is 11.4. The van der Waals surface area contributed by atoms with Gasteiger partial charge in [-0.25, -0.2) is 9.78 Å². The molecule has 4 nitrogen and oxygen atoms in total. The molecule has 0 spiro atoms. The fraction of sp³-hybridized carbons (Fsp3) is 0.667. The molecule has 0 bridgehead atoms. The molecule has 1 fully saturated rings. The first-order valence-electron chi connectivity index (χ1n) is 8.47. The number of aromatic nitrogens is 1. The van der Waals surface area contributed by atoms with Crippen LogP contribution in [0.3, 0.4) is 0 Å². The predicted octanol–water partition coefficient (Wildman–Crippen LogP) is 4.04. The number of fused-ring (bicyclic) bond motifs is 1. The van der Waals surface area contributed by atoms with Gasteiger partial charge in [0.25, 0.3) is 0 Å². The lowest BCUT2D eigenvalue weighted by atomic mass is 9.75. The largest absolute Gasteiger partial charge is 0.478 e. The smallest absolute Gasteiger partial charge is 0.337 e. The number of rotatable bonds is 3. The van der Waals surface area contributed by atoms with Crippen LogP contribution in [0.1, 0.15) is 73.9 Å². The number of anilines is 1. The van der Waals surface area contributed by atoms with Gasteiger partial charge >= 0.3 is 5.97 Å². The van der Waals surface area contributed by atoms with E-state index in [4.69, 9.17) is 0 Å². The molecule has 1 saturated carbocycles. The van der Waals surface area contributed by atoms with Crippen LogP contribution in [0.25, 0.3) is 0 Å². The Labute approximate surface area is 132 Å². The molecule has 0 saturated heterocycles. The van der Waals surface area contributed by atoms with E-state index in [0.717, 1.165) is 49.0 Å². The van der Waals surface area contributed by atoms with Crippen molar-refractivity contribution in [2.45, 2.75) is 71.3 Å². The Hall–Kier alpha value is -1.58. The SMILES string of the molecule is CC1(C)CCCC(Nc2ncc(C(=O)O)c3c2CCCC3)C1. The van der Waals surface area contributed by atoms with E-state index in [2.05, 4.69) is 24.1 Å². The summed E-state index contributed by atoms with van der Waals surface area (Å²) in [6.07, 6.45) is 10.4. The molecule has 0 aliphatic heterocycles. The number of carboxylic acids is 1. The molecule has 120 valence electrons. The summed E-state index contributed by atoms with van der Waals surface area (Å²) in [5.74, 6) is 0.0819. The minimum atomic E-state index is -0.851. The molecule has 2 N–H and O–H groups in total. The Morgan fingerprint density at radius 1 is 1.27 bits per heavy atom. The number of carboxylic acid groups (broad SMARTS) is 1. The topological polar surface area (TPSA) is 62.2 Å². The summed E-state index contributed by atoms with van der Waals surface area (Å²) in [4.78, 5) is 15.9. The molecular formula is C18H26N2O2. The summed E-state index contributed by atoms with van der Waals surface area (Å²) >= 11 is 0. The van der Waals surface area contributed by atoms with Crippen LogP contribution in [0.5, 0.6) is 0 Å². The molecule has 2 aliphatic rings.